The Labute approximate surface area is 173 Å². The molecule has 0 fully saturated rings. The largest absolute Gasteiger partial charge is 0.455 e. The highest BCUT2D eigenvalue weighted by Crippen LogP contribution is 2.25. The molecule has 1 aromatic carbocycles. The van der Waals surface area contributed by atoms with Crippen LogP contribution in [-0.2, 0) is 20.9 Å². The molecule has 0 atom stereocenters. The van der Waals surface area contributed by atoms with E-state index in [2.05, 4.69) is 22.1 Å². The number of rotatable bonds is 10. The second kappa shape index (κ2) is 10.9. The molecule has 0 radical (unpaired) electrons. The van der Waals surface area contributed by atoms with Crippen LogP contribution < -0.4 is 5.32 Å². The number of thioether (sulfide) groups is 1. The molecule has 1 aromatic heterocycles. The highest BCUT2D eigenvalue weighted by Gasteiger charge is 2.16. The zero-order chi connectivity index (χ0) is 20.5. The van der Waals surface area contributed by atoms with Gasteiger partial charge in [-0.3, -0.25) is 14.2 Å². The van der Waals surface area contributed by atoms with Crippen molar-refractivity contribution in [1.82, 2.24) is 20.1 Å². The van der Waals surface area contributed by atoms with Crippen molar-refractivity contribution in [3.63, 3.8) is 0 Å². The average Bonchev–Trinajstić information content (AvgIpc) is 3.06. The Hall–Kier alpha value is -2.32. The first-order chi connectivity index (χ1) is 13.4. The van der Waals surface area contributed by atoms with Crippen LogP contribution >= 0.6 is 23.4 Å². The normalized spacial score (nSPS) is 10.7. The van der Waals surface area contributed by atoms with Crippen LogP contribution in [-0.4, -0.2) is 45.5 Å². The first-order valence-electron chi connectivity index (χ1n) is 8.75. The van der Waals surface area contributed by atoms with Crippen LogP contribution in [0.1, 0.15) is 13.8 Å². The lowest BCUT2D eigenvalue weighted by molar-refractivity contribution is -0.145. The molecule has 0 saturated carbocycles. The van der Waals surface area contributed by atoms with Gasteiger partial charge >= 0.3 is 5.97 Å². The molecule has 1 N–H and O–H groups in total. The number of benzene rings is 1. The van der Waals surface area contributed by atoms with Crippen molar-refractivity contribution in [1.29, 1.82) is 0 Å². The molecule has 2 aromatic rings. The van der Waals surface area contributed by atoms with Crippen molar-refractivity contribution < 1.29 is 14.3 Å². The molecule has 1 amide bonds. The van der Waals surface area contributed by atoms with E-state index in [1.54, 1.807) is 18.2 Å². The molecule has 9 heteroatoms. The summed E-state index contributed by atoms with van der Waals surface area (Å²) >= 11 is 7.13. The molecule has 150 valence electrons. The monoisotopic (exact) mass is 422 g/mol. The van der Waals surface area contributed by atoms with Crippen molar-refractivity contribution in [3.8, 4) is 11.4 Å². The van der Waals surface area contributed by atoms with Crippen molar-refractivity contribution in [2.45, 2.75) is 25.5 Å². The van der Waals surface area contributed by atoms with Gasteiger partial charge in [-0.15, -0.1) is 16.8 Å². The van der Waals surface area contributed by atoms with E-state index in [9.17, 15) is 9.59 Å². The van der Waals surface area contributed by atoms with E-state index >= 15 is 0 Å². The summed E-state index contributed by atoms with van der Waals surface area (Å²) in [7, 11) is 0. The number of halogens is 1. The van der Waals surface area contributed by atoms with Crippen LogP contribution in [0, 0.1) is 5.92 Å². The average molecular weight is 423 g/mol. The van der Waals surface area contributed by atoms with Gasteiger partial charge in [0, 0.05) is 23.7 Å². The standard InChI is InChI=1S/C19H23ClN4O3S/c1-4-9-24-18(14-5-7-15(20)8-6-14)22-23-19(24)28-12-17(26)27-11-16(25)21-10-13(2)3/h4-8,13H,1,9-12H2,2-3H3,(H,21,25). The summed E-state index contributed by atoms with van der Waals surface area (Å²) in [6.45, 7) is 8.47. The highest BCUT2D eigenvalue weighted by molar-refractivity contribution is 7.99. The molecule has 0 spiro atoms. The number of hydrogen-bond acceptors (Lipinski definition) is 6. The number of carbonyl (C=O) groups is 2. The molecule has 1 heterocycles. The number of hydrogen-bond donors (Lipinski definition) is 1. The van der Waals surface area contributed by atoms with E-state index in [1.807, 2.05) is 30.5 Å². The third kappa shape index (κ3) is 6.69. The Bertz CT molecular complexity index is 821. The number of esters is 1. The molecule has 28 heavy (non-hydrogen) atoms. The van der Waals surface area contributed by atoms with E-state index < -0.39 is 5.97 Å². The Kier molecular flexibility index (Phi) is 8.53. The number of nitrogens with zero attached hydrogens (tertiary/aromatic N) is 3. The van der Waals surface area contributed by atoms with Crippen LogP contribution in [0.5, 0.6) is 0 Å². The van der Waals surface area contributed by atoms with E-state index in [0.29, 0.717) is 35.0 Å². The summed E-state index contributed by atoms with van der Waals surface area (Å²) in [6, 6.07) is 7.26. The molecular weight excluding hydrogens is 400 g/mol. The Balaban J connectivity index is 1.94. The van der Waals surface area contributed by atoms with Crippen LogP contribution in [0.3, 0.4) is 0 Å². The molecule has 0 aliphatic carbocycles. The van der Waals surface area contributed by atoms with E-state index in [1.165, 1.54) is 11.8 Å². The maximum atomic E-state index is 11.9. The topological polar surface area (TPSA) is 86.1 Å². The van der Waals surface area contributed by atoms with Crippen molar-refractivity contribution in [2.24, 2.45) is 5.92 Å². The van der Waals surface area contributed by atoms with E-state index in [4.69, 9.17) is 16.3 Å². The lowest BCUT2D eigenvalue weighted by atomic mass is 10.2. The molecule has 0 unspecified atom stereocenters. The van der Waals surface area contributed by atoms with Gasteiger partial charge in [-0.05, 0) is 30.2 Å². The molecule has 0 aliphatic heterocycles. The maximum absolute atomic E-state index is 11.9. The predicted octanol–water partition coefficient (Wildman–Crippen LogP) is 3.19. The minimum absolute atomic E-state index is 0.0212. The smallest absolute Gasteiger partial charge is 0.316 e. The third-order valence-corrected chi connectivity index (χ3v) is 4.71. The van der Waals surface area contributed by atoms with Gasteiger partial charge in [-0.25, -0.2) is 0 Å². The summed E-state index contributed by atoms with van der Waals surface area (Å²) in [6.07, 6.45) is 1.73. The van der Waals surface area contributed by atoms with Crippen LogP contribution in [0.15, 0.2) is 42.1 Å². The number of nitrogens with one attached hydrogen (secondary N) is 1. The summed E-state index contributed by atoms with van der Waals surface area (Å²) in [4.78, 5) is 23.5. The summed E-state index contributed by atoms with van der Waals surface area (Å²) in [5.41, 5.74) is 0.856. The van der Waals surface area contributed by atoms with Crippen LogP contribution in [0.4, 0.5) is 0 Å². The zero-order valence-corrected chi connectivity index (χ0v) is 17.4. The fourth-order valence-corrected chi connectivity index (χ4v) is 3.05. The predicted molar refractivity (Wildman–Crippen MR) is 110 cm³/mol. The maximum Gasteiger partial charge on any atom is 0.316 e. The van der Waals surface area contributed by atoms with Gasteiger partial charge in [-0.2, -0.15) is 0 Å². The zero-order valence-electron chi connectivity index (χ0n) is 15.9. The lowest BCUT2D eigenvalue weighted by Crippen LogP contribution is -2.31. The number of aromatic nitrogens is 3. The van der Waals surface area contributed by atoms with Gasteiger partial charge < -0.3 is 10.1 Å². The molecule has 7 nitrogen and oxygen atoms in total. The molecule has 0 aliphatic rings. The summed E-state index contributed by atoms with van der Waals surface area (Å²) < 4.78 is 6.85. The summed E-state index contributed by atoms with van der Waals surface area (Å²) in [5, 5.41) is 12.3. The molecule has 2 rings (SSSR count). The first kappa shape index (κ1) is 22.0. The van der Waals surface area contributed by atoms with Gasteiger partial charge in [0.1, 0.15) is 0 Å². The first-order valence-corrected chi connectivity index (χ1v) is 10.1. The Morgan fingerprint density at radius 3 is 2.68 bits per heavy atom. The van der Waals surface area contributed by atoms with Crippen LogP contribution in [0.2, 0.25) is 5.02 Å². The van der Waals surface area contributed by atoms with Crippen LogP contribution in [0.25, 0.3) is 11.4 Å². The fraction of sp³-hybridized carbons (Fsp3) is 0.368. The minimum atomic E-state index is -0.495. The van der Waals surface area contributed by atoms with Gasteiger partial charge in [0.15, 0.2) is 17.6 Å². The lowest BCUT2D eigenvalue weighted by Gasteiger charge is -2.09. The Morgan fingerprint density at radius 2 is 2.04 bits per heavy atom. The minimum Gasteiger partial charge on any atom is -0.455 e. The number of ether oxygens (including phenoxy) is 1. The van der Waals surface area contributed by atoms with E-state index in [0.717, 1.165) is 5.56 Å². The fourth-order valence-electron chi connectivity index (χ4n) is 2.18. The van der Waals surface area contributed by atoms with Gasteiger partial charge in [0.25, 0.3) is 5.91 Å². The third-order valence-electron chi connectivity index (χ3n) is 3.52. The Morgan fingerprint density at radius 1 is 1.32 bits per heavy atom. The van der Waals surface area contributed by atoms with Crippen molar-refractivity contribution in [2.75, 3.05) is 18.9 Å². The van der Waals surface area contributed by atoms with Crippen molar-refractivity contribution in [3.05, 3.63) is 41.9 Å². The SMILES string of the molecule is C=CCn1c(SCC(=O)OCC(=O)NCC(C)C)nnc1-c1ccc(Cl)cc1. The van der Waals surface area contributed by atoms with E-state index in [-0.39, 0.29) is 18.3 Å². The second-order valence-electron chi connectivity index (χ2n) is 6.36. The highest BCUT2D eigenvalue weighted by atomic mass is 35.5. The van der Waals surface area contributed by atoms with Gasteiger partial charge in [0.2, 0.25) is 0 Å². The molecular formula is C19H23ClN4O3S. The van der Waals surface area contributed by atoms with Crippen molar-refractivity contribution >= 4 is 35.2 Å². The van der Waals surface area contributed by atoms with Gasteiger partial charge in [-0.1, -0.05) is 43.3 Å². The number of allylic oxidation sites excluding steroid dienone is 1. The van der Waals surface area contributed by atoms with Gasteiger partial charge in [0.05, 0.1) is 5.75 Å². The molecule has 0 bridgehead atoms. The number of amides is 1. The summed E-state index contributed by atoms with van der Waals surface area (Å²) in [5.74, 6) is 0.201. The second-order valence-corrected chi connectivity index (χ2v) is 7.74. The number of carbonyl (C=O) groups excluding carboxylic acids is 2. The quantitative estimate of drug-likeness (QED) is 0.359. The molecule has 0 saturated heterocycles.